The van der Waals surface area contributed by atoms with E-state index in [1.54, 1.807) is 6.20 Å². The highest BCUT2D eigenvalue weighted by Crippen LogP contribution is 2.17. The van der Waals surface area contributed by atoms with Gasteiger partial charge in [-0.05, 0) is 48.2 Å². The normalized spacial score (nSPS) is 14.4. The van der Waals surface area contributed by atoms with Crippen molar-refractivity contribution in [3.63, 3.8) is 0 Å². The van der Waals surface area contributed by atoms with Crippen molar-refractivity contribution in [2.24, 2.45) is 0 Å². The van der Waals surface area contributed by atoms with Crippen LogP contribution in [0.4, 0.5) is 5.82 Å². The van der Waals surface area contributed by atoms with E-state index in [1.165, 1.54) is 19.3 Å². The van der Waals surface area contributed by atoms with Crippen LogP contribution in [0.1, 0.15) is 35.4 Å². The second-order valence-corrected chi connectivity index (χ2v) is 6.62. The number of benzene rings is 2. The van der Waals surface area contributed by atoms with Crippen LogP contribution in [-0.4, -0.2) is 29.0 Å². The van der Waals surface area contributed by atoms with Crippen molar-refractivity contribution in [3.8, 4) is 0 Å². The van der Waals surface area contributed by atoms with Gasteiger partial charge in [0.2, 0.25) is 0 Å². The van der Waals surface area contributed by atoms with Gasteiger partial charge in [-0.15, -0.1) is 0 Å². The molecule has 26 heavy (non-hydrogen) atoms. The summed E-state index contributed by atoms with van der Waals surface area (Å²) in [5.74, 6) is 1.49. The number of piperidine rings is 1. The van der Waals surface area contributed by atoms with Crippen molar-refractivity contribution >= 4 is 22.5 Å². The molecular weight excluding hydrogens is 324 g/mol. The summed E-state index contributed by atoms with van der Waals surface area (Å²) in [5.41, 5.74) is 0.649. The number of hydrogen-bond acceptors (Lipinski definition) is 4. The Balaban J connectivity index is 1.43. The number of aromatic nitrogens is 2. The number of carbonyl (C=O) groups excluding carboxylic acids is 1. The van der Waals surface area contributed by atoms with Gasteiger partial charge in [-0.2, -0.15) is 0 Å². The van der Waals surface area contributed by atoms with Crippen LogP contribution in [0.3, 0.4) is 0 Å². The minimum Gasteiger partial charge on any atom is -0.357 e. The van der Waals surface area contributed by atoms with E-state index in [1.807, 2.05) is 48.5 Å². The van der Waals surface area contributed by atoms with Gasteiger partial charge in [0.05, 0.1) is 6.54 Å². The Morgan fingerprint density at radius 3 is 2.65 bits per heavy atom. The highest BCUT2D eigenvalue weighted by atomic mass is 16.1. The van der Waals surface area contributed by atoms with Crippen molar-refractivity contribution in [2.45, 2.75) is 25.8 Å². The number of nitrogens with one attached hydrogen (secondary N) is 1. The number of rotatable bonds is 4. The Labute approximate surface area is 153 Å². The fraction of sp³-hybridized carbons (Fsp3) is 0.286. The molecule has 1 saturated heterocycles. The Morgan fingerprint density at radius 2 is 1.81 bits per heavy atom. The molecule has 2 heterocycles. The van der Waals surface area contributed by atoms with E-state index in [9.17, 15) is 4.79 Å². The number of anilines is 1. The molecule has 4 rings (SSSR count). The zero-order chi connectivity index (χ0) is 17.8. The van der Waals surface area contributed by atoms with Crippen molar-refractivity contribution in [3.05, 3.63) is 66.1 Å². The number of carbonyl (C=O) groups is 1. The Kier molecular flexibility index (Phi) is 4.78. The van der Waals surface area contributed by atoms with E-state index < -0.39 is 0 Å². The molecule has 1 N–H and O–H groups in total. The monoisotopic (exact) mass is 346 g/mol. The van der Waals surface area contributed by atoms with Crippen molar-refractivity contribution in [2.75, 3.05) is 18.0 Å². The lowest BCUT2D eigenvalue weighted by atomic mass is 10.1. The number of nitrogens with zero attached hydrogens (tertiary/aromatic N) is 3. The summed E-state index contributed by atoms with van der Waals surface area (Å²) >= 11 is 0. The zero-order valence-electron chi connectivity index (χ0n) is 14.7. The van der Waals surface area contributed by atoms with Gasteiger partial charge in [-0.3, -0.25) is 4.79 Å². The van der Waals surface area contributed by atoms with E-state index in [0.717, 1.165) is 29.7 Å². The third-order valence-electron chi connectivity index (χ3n) is 4.79. The van der Waals surface area contributed by atoms with Gasteiger partial charge in [0.15, 0.2) is 0 Å². The van der Waals surface area contributed by atoms with Crippen molar-refractivity contribution in [1.82, 2.24) is 15.3 Å². The molecule has 5 heteroatoms. The predicted molar refractivity (Wildman–Crippen MR) is 103 cm³/mol. The van der Waals surface area contributed by atoms with E-state index in [4.69, 9.17) is 0 Å². The molecular formula is C21H22N4O. The number of fused-ring (bicyclic) bond motifs is 1. The summed E-state index contributed by atoms with van der Waals surface area (Å²) in [6, 6.07) is 15.7. The van der Waals surface area contributed by atoms with Gasteiger partial charge in [0.25, 0.3) is 5.91 Å². The lowest BCUT2D eigenvalue weighted by Gasteiger charge is -2.27. The molecule has 2 aromatic carbocycles. The second-order valence-electron chi connectivity index (χ2n) is 6.62. The third kappa shape index (κ3) is 3.67. The first-order valence-electron chi connectivity index (χ1n) is 9.13. The van der Waals surface area contributed by atoms with Crippen LogP contribution < -0.4 is 10.2 Å². The Bertz CT molecular complexity index is 919. The third-order valence-corrected chi connectivity index (χ3v) is 4.79. The average molecular weight is 346 g/mol. The topological polar surface area (TPSA) is 58.1 Å². The summed E-state index contributed by atoms with van der Waals surface area (Å²) in [5, 5.41) is 5.11. The lowest BCUT2D eigenvalue weighted by molar-refractivity contribution is 0.0950. The molecule has 132 valence electrons. The lowest BCUT2D eigenvalue weighted by Crippen LogP contribution is -2.31. The Morgan fingerprint density at radius 1 is 1.00 bits per heavy atom. The molecule has 1 amide bonds. The first kappa shape index (κ1) is 16.5. The smallest absolute Gasteiger partial charge is 0.251 e. The van der Waals surface area contributed by atoms with Gasteiger partial charge in [0.1, 0.15) is 11.6 Å². The minimum absolute atomic E-state index is 0.109. The molecule has 5 nitrogen and oxygen atoms in total. The first-order valence-corrected chi connectivity index (χ1v) is 9.13. The maximum absolute atomic E-state index is 12.5. The van der Waals surface area contributed by atoms with Crippen LogP contribution >= 0.6 is 0 Å². The quantitative estimate of drug-likeness (QED) is 0.785. The second kappa shape index (κ2) is 7.52. The van der Waals surface area contributed by atoms with Gasteiger partial charge >= 0.3 is 0 Å². The van der Waals surface area contributed by atoms with Crippen LogP contribution in [0.2, 0.25) is 0 Å². The van der Waals surface area contributed by atoms with E-state index in [-0.39, 0.29) is 5.91 Å². The van der Waals surface area contributed by atoms with Crippen LogP contribution in [0.25, 0.3) is 10.8 Å². The molecule has 0 atom stereocenters. The summed E-state index contributed by atoms with van der Waals surface area (Å²) in [7, 11) is 0. The number of hydrogen-bond donors (Lipinski definition) is 1. The Hall–Kier alpha value is -2.95. The van der Waals surface area contributed by atoms with Crippen LogP contribution in [-0.2, 0) is 6.54 Å². The van der Waals surface area contributed by atoms with E-state index >= 15 is 0 Å². The molecule has 0 aliphatic carbocycles. The minimum atomic E-state index is -0.109. The number of amides is 1. The van der Waals surface area contributed by atoms with Gasteiger partial charge in [0, 0.05) is 24.8 Å². The van der Waals surface area contributed by atoms with E-state index in [2.05, 4.69) is 20.2 Å². The molecule has 0 spiro atoms. The van der Waals surface area contributed by atoms with Crippen molar-refractivity contribution in [1.29, 1.82) is 0 Å². The molecule has 0 saturated carbocycles. The van der Waals surface area contributed by atoms with Crippen molar-refractivity contribution < 1.29 is 4.79 Å². The van der Waals surface area contributed by atoms with E-state index in [0.29, 0.717) is 17.9 Å². The summed E-state index contributed by atoms with van der Waals surface area (Å²) in [6.07, 6.45) is 5.47. The fourth-order valence-corrected chi connectivity index (χ4v) is 3.36. The summed E-state index contributed by atoms with van der Waals surface area (Å²) in [6.45, 7) is 2.41. The highest BCUT2D eigenvalue weighted by Gasteiger charge is 2.13. The SMILES string of the molecule is O=C(NCc1nccc(N2CCCCC2)n1)c1ccc2ccccc2c1. The summed E-state index contributed by atoms with van der Waals surface area (Å²) < 4.78 is 0. The molecule has 1 fully saturated rings. The molecule has 0 radical (unpaired) electrons. The predicted octanol–water partition coefficient (Wildman–Crippen LogP) is 3.55. The van der Waals surface area contributed by atoms with Gasteiger partial charge < -0.3 is 10.2 Å². The molecule has 0 unspecified atom stereocenters. The molecule has 3 aromatic rings. The highest BCUT2D eigenvalue weighted by molar-refractivity contribution is 5.98. The molecule has 0 bridgehead atoms. The zero-order valence-corrected chi connectivity index (χ0v) is 14.7. The standard InChI is InChI=1S/C21H22N4O/c26-21(18-9-8-16-6-2-3-7-17(16)14-18)23-15-19-22-11-10-20(24-19)25-12-4-1-5-13-25/h2-3,6-11,14H,1,4-5,12-13,15H2,(H,23,26). The van der Waals surface area contributed by atoms with Crippen LogP contribution in [0.15, 0.2) is 54.7 Å². The van der Waals surface area contributed by atoms with Gasteiger partial charge in [-0.25, -0.2) is 9.97 Å². The maximum Gasteiger partial charge on any atom is 0.251 e. The van der Waals surface area contributed by atoms with Gasteiger partial charge in [-0.1, -0.05) is 30.3 Å². The molecule has 1 aliphatic heterocycles. The average Bonchev–Trinajstić information content (AvgIpc) is 2.72. The first-order chi connectivity index (χ1) is 12.8. The maximum atomic E-state index is 12.5. The molecule has 1 aromatic heterocycles. The largest absolute Gasteiger partial charge is 0.357 e. The molecule has 1 aliphatic rings. The van der Waals surface area contributed by atoms with Crippen LogP contribution in [0.5, 0.6) is 0 Å². The fourth-order valence-electron chi connectivity index (χ4n) is 3.36. The summed E-state index contributed by atoms with van der Waals surface area (Å²) in [4.78, 5) is 23.7. The van der Waals surface area contributed by atoms with Crippen LogP contribution in [0, 0.1) is 0 Å².